The van der Waals surface area contributed by atoms with Crippen LogP contribution in [0.15, 0.2) is 0 Å². The van der Waals surface area contributed by atoms with E-state index in [0.717, 1.165) is 12.6 Å². The van der Waals surface area contributed by atoms with Gasteiger partial charge in [0.25, 0.3) is 0 Å². The molecule has 0 spiro atoms. The second kappa shape index (κ2) is 5.86. The lowest BCUT2D eigenvalue weighted by Gasteiger charge is -2.36. The molecular formula is C13H28N2. The molecule has 1 rings (SSSR count). The topological polar surface area (TPSA) is 15.3 Å². The first kappa shape index (κ1) is 13.0. The maximum absolute atomic E-state index is 3.57. The van der Waals surface area contributed by atoms with Gasteiger partial charge in [-0.15, -0.1) is 0 Å². The summed E-state index contributed by atoms with van der Waals surface area (Å²) in [5, 5.41) is 3.57. The molecular weight excluding hydrogens is 184 g/mol. The third-order valence-electron chi connectivity index (χ3n) is 3.44. The molecule has 0 bridgehead atoms. The second-order valence-electron chi connectivity index (χ2n) is 5.58. The highest BCUT2D eigenvalue weighted by molar-refractivity contribution is 4.84. The van der Waals surface area contributed by atoms with Crippen LogP contribution in [0.4, 0.5) is 0 Å². The van der Waals surface area contributed by atoms with Crippen molar-refractivity contribution in [2.45, 2.75) is 65.0 Å². The summed E-state index contributed by atoms with van der Waals surface area (Å²) in [6, 6.07) is 0.769. The summed E-state index contributed by atoms with van der Waals surface area (Å²) < 4.78 is 0. The summed E-state index contributed by atoms with van der Waals surface area (Å²) in [5.41, 5.74) is 0.257. The van der Waals surface area contributed by atoms with Gasteiger partial charge in [0, 0.05) is 18.1 Å². The Balaban J connectivity index is 2.46. The van der Waals surface area contributed by atoms with Gasteiger partial charge in [-0.1, -0.05) is 19.8 Å². The summed E-state index contributed by atoms with van der Waals surface area (Å²) in [6.45, 7) is 12.7. The molecule has 0 radical (unpaired) electrons. The van der Waals surface area contributed by atoms with Gasteiger partial charge in [-0.3, -0.25) is 4.90 Å². The standard InChI is InChI=1S/C13H28N2/c1-5-14-13(3,4)11-15-10-8-6-7-9-12(15)2/h12,14H,5-11H2,1-4H3. The fraction of sp³-hybridized carbons (Fsp3) is 1.00. The fourth-order valence-electron chi connectivity index (χ4n) is 2.61. The van der Waals surface area contributed by atoms with Crippen molar-refractivity contribution in [3.8, 4) is 0 Å². The van der Waals surface area contributed by atoms with Crippen LogP contribution >= 0.6 is 0 Å². The van der Waals surface area contributed by atoms with Gasteiger partial charge < -0.3 is 5.32 Å². The Morgan fingerprint density at radius 2 is 2.00 bits per heavy atom. The predicted octanol–water partition coefficient (Wildman–Crippen LogP) is 2.64. The molecule has 1 aliphatic rings. The van der Waals surface area contributed by atoms with E-state index >= 15 is 0 Å². The quantitative estimate of drug-likeness (QED) is 0.770. The molecule has 0 amide bonds. The highest BCUT2D eigenvalue weighted by Gasteiger charge is 2.24. The maximum atomic E-state index is 3.57. The Morgan fingerprint density at radius 3 is 2.67 bits per heavy atom. The van der Waals surface area contributed by atoms with Gasteiger partial charge in [0.1, 0.15) is 0 Å². The molecule has 1 heterocycles. The Labute approximate surface area is 95.4 Å². The normalized spacial score (nSPS) is 25.2. The summed E-state index contributed by atoms with van der Waals surface area (Å²) in [7, 11) is 0. The molecule has 1 aliphatic heterocycles. The van der Waals surface area contributed by atoms with Crippen LogP contribution in [0, 0.1) is 0 Å². The number of nitrogens with zero attached hydrogens (tertiary/aromatic N) is 1. The third-order valence-corrected chi connectivity index (χ3v) is 3.44. The number of nitrogens with one attached hydrogen (secondary N) is 1. The van der Waals surface area contributed by atoms with E-state index in [-0.39, 0.29) is 5.54 Å². The number of hydrogen-bond acceptors (Lipinski definition) is 2. The summed E-state index contributed by atoms with van der Waals surface area (Å²) in [4.78, 5) is 2.66. The fourth-order valence-corrected chi connectivity index (χ4v) is 2.61. The SMILES string of the molecule is CCNC(C)(C)CN1CCCCCC1C. The van der Waals surface area contributed by atoms with E-state index in [1.54, 1.807) is 0 Å². The van der Waals surface area contributed by atoms with Crippen LogP contribution in [0.2, 0.25) is 0 Å². The van der Waals surface area contributed by atoms with E-state index in [2.05, 4.69) is 37.9 Å². The molecule has 0 aliphatic carbocycles. The number of likely N-dealkylation sites (N-methyl/N-ethyl adjacent to an activating group) is 1. The lowest BCUT2D eigenvalue weighted by molar-refractivity contribution is 0.160. The average Bonchev–Trinajstić information content (AvgIpc) is 2.31. The van der Waals surface area contributed by atoms with Crippen molar-refractivity contribution < 1.29 is 0 Å². The molecule has 1 atom stereocenters. The Kier molecular flexibility index (Phi) is 5.07. The molecule has 0 aromatic carbocycles. The first-order valence-electron chi connectivity index (χ1n) is 6.54. The monoisotopic (exact) mass is 212 g/mol. The van der Waals surface area contributed by atoms with Gasteiger partial charge in [0.2, 0.25) is 0 Å². The Hall–Kier alpha value is -0.0800. The van der Waals surface area contributed by atoms with Gasteiger partial charge in [0.15, 0.2) is 0 Å². The minimum absolute atomic E-state index is 0.257. The van der Waals surface area contributed by atoms with Crippen LogP contribution in [-0.2, 0) is 0 Å². The summed E-state index contributed by atoms with van der Waals surface area (Å²) in [5.74, 6) is 0. The maximum Gasteiger partial charge on any atom is 0.0252 e. The summed E-state index contributed by atoms with van der Waals surface area (Å²) in [6.07, 6.45) is 5.59. The number of hydrogen-bond donors (Lipinski definition) is 1. The van der Waals surface area contributed by atoms with Crippen molar-refractivity contribution in [1.29, 1.82) is 0 Å². The van der Waals surface area contributed by atoms with Gasteiger partial charge in [-0.25, -0.2) is 0 Å². The molecule has 15 heavy (non-hydrogen) atoms. The van der Waals surface area contributed by atoms with E-state index < -0.39 is 0 Å². The molecule has 1 fully saturated rings. The molecule has 0 aromatic heterocycles. The third kappa shape index (κ3) is 4.52. The number of rotatable bonds is 4. The molecule has 1 unspecified atom stereocenters. The first-order chi connectivity index (χ1) is 7.05. The molecule has 90 valence electrons. The first-order valence-corrected chi connectivity index (χ1v) is 6.54. The zero-order valence-corrected chi connectivity index (χ0v) is 11.0. The largest absolute Gasteiger partial charge is 0.311 e. The van der Waals surface area contributed by atoms with Crippen LogP contribution in [0.3, 0.4) is 0 Å². The molecule has 1 N–H and O–H groups in total. The lowest BCUT2D eigenvalue weighted by atomic mass is 10.0. The zero-order valence-electron chi connectivity index (χ0n) is 11.0. The average molecular weight is 212 g/mol. The van der Waals surface area contributed by atoms with Crippen molar-refractivity contribution in [1.82, 2.24) is 10.2 Å². The highest BCUT2D eigenvalue weighted by atomic mass is 15.2. The van der Waals surface area contributed by atoms with E-state index in [9.17, 15) is 0 Å². The zero-order chi connectivity index (χ0) is 11.3. The lowest BCUT2D eigenvalue weighted by Crippen LogP contribution is -2.51. The van der Waals surface area contributed by atoms with Gasteiger partial charge in [-0.05, 0) is 46.7 Å². The molecule has 1 saturated heterocycles. The van der Waals surface area contributed by atoms with Gasteiger partial charge >= 0.3 is 0 Å². The van der Waals surface area contributed by atoms with Gasteiger partial charge in [-0.2, -0.15) is 0 Å². The van der Waals surface area contributed by atoms with Gasteiger partial charge in [0.05, 0.1) is 0 Å². The summed E-state index contributed by atoms with van der Waals surface area (Å²) >= 11 is 0. The number of likely N-dealkylation sites (tertiary alicyclic amines) is 1. The molecule has 0 saturated carbocycles. The minimum atomic E-state index is 0.257. The van der Waals surface area contributed by atoms with Crippen molar-refractivity contribution in [2.75, 3.05) is 19.6 Å². The Bertz CT molecular complexity index is 177. The van der Waals surface area contributed by atoms with Crippen LogP contribution < -0.4 is 5.32 Å². The minimum Gasteiger partial charge on any atom is -0.311 e. The van der Waals surface area contributed by atoms with Crippen LogP contribution in [-0.4, -0.2) is 36.1 Å². The highest BCUT2D eigenvalue weighted by Crippen LogP contribution is 2.18. The van der Waals surface area contributed by atoms with Crippen molar-refractivity contribution >= 4 is 0 Å². The van der Waals surface area contributed by atoms with Crippen LogP contribution in [0.5, 0.6) is 0 Å². The van der Waals surface area contributed by atoms with Crippen molar-refractivity contribution in [3.05, 3.63) is 0 Å². The van der Waals surface area contributed by atoms with E-state index in [1.165, 1.54) is 38.8 Å². The van der Waals surface area contributed by atoms with Crippen LogP contribution in [0.25, 0.3) is 0 Å². The van der Waals surface area contributed by atoms with E-state index in [0.29, 0.717) is 0 Å². The smallest absolute Gasteiger partial charge is 0.0252 e. The van der Waals surface area contributed by atoms with E-state index in [4.69, 9.17) is 0 Å². The van der Waals surface area contributed by atoms with Crippen molar-refractivity contribution in [2.24, 2.45) is 0 Å². The Morgan fingerprint density at radius 1 is 1.27 bits per heavy atom. The molecule has 0 aromatic rings. The molecule has 2 nitrogen and oxygen atoms in total. The van der Waals surface area contributed by atoms with Crippen molar-refractivity contribution in [3.63, 3.8) is 0 Å². The van der Waals surface area contributed by atoms with E-state index in [1.807, 2.05) is 0 Å². The molecule has 2 heteroatoms. The second-order valence-corrected chi connectivity index (χ2v) is 5.58. The predicted molar refractivity (Wildman–Crippen MR) is 67.3 cm³/mol. The van der Waals surface area contributed by atoms with Crippen LogP contribution in [0.1, 0.15) is 53.4 Å².